The summed E-state index contributed by atoms with van der Waals surface area (Å²) in [5.41, 5.74) is 0. The fourth-order valence-electron chi connectivity index (χ4n) is 9.58. The summed E-state index contributed by atoms with van der Waals surface area (Å²) >= 11 is 0. The second-order valence-corrected chi connectivity index (χ2v) is 12.6. The van der Waals surface area contributed by atoms with Crippen LogP contribution in [0.1, 0.15) is 70.6 Å². The number of nitro groups is 2. The molecule has 9 atom stereocenters. The number of carbonyl (C=O) groups excluding carboxylic acids is 1. The van der Waals surface area contributed by atoms with E-state index in [0.717, 1.165) is 36.0 Å². The lowest BCUT2D eigenvalue weighted by Crippen LogP contribution is -2.59. The summed E-state index contributed by atoms with van der Waals surface area (Å²) in [6.07, 6.45) is 12.2. The fraction of sp³-hybridized carbons (Fsp3) is 0.962. The van der Waals surface area contributed by atoms with Crippen molar-refractivity contribution in [2.24, 2.45) is 47.3 Å². The highest BCUT2D eigenvalue weighted by Crippen LogP contribution is 2.60. The van der Waals surface area contributed by atoms with E-state index in [-0.39, 0.29) is 18.7 Å². The normalized spacial score (nSPS) is 44.8. The second kappa shape index (κ2) is 9.94. The molecule has 0 saturated heterocycles. The Kier molecular flexibility index (Phi) is 7.07. The Bertz CT molecular complexity index is 807. The van der Waals surface area contributed by atoms with E-state index in [1.165, 1.54) is 51.4 Å². The highest BCUT2D eigenvalue weighted by Gasteiger charge is 2.55. The van der Waals surface area contributed by atoms with Crippen LogP contribution in [0.5, 0.6) is 0 Å². The zero-order valence-corrected chi connectivity index (χ0v) is 21.2. The van der Waals surface area contributed by atoms with Gasteiger partial charge >= 0.3 is 0 Å². The van der Waals surface area contributed by atoms with Gasteiger partial charge in [-0.1, -0.05) is 19.3 Å². The zero-order chi connectivity index (χ0) is 24.9. The number of nitrogens with one attached hydrogen (secondary N) is 1. The van der Waals surface area contributed by atoms with Crippen molar-refractivity contribution in [3.8, 4) is 0 Å². The molecule has 1 N–H and O–H groups in total. The lowest BCUT2D eigenvalue weighted by atomic mass is 9.46. The number of hydrogen-bond acceptors (Lipinski definition) is 6. The molecule has 0 aromatic heterocycles. The first-order valence-electron chi connectivity index (χ1n) is 14.0. The third kappa shape index (κ3) is 4.58. The zero-order valence-electron chi connectivity index (χ0n) is 21.2. The molecule has 9 unspecified atom stereocenters. The number of likely N-dealkylation sites (N-methyl/N-ethyl adjacent to an activating group) is 1. The number of amides is 1. The first kappa shape index (κ1) is 24.9. The van der Waals surface area contributed by atoms with E-state index in [1.54, 1.807) is 19.0 Å². The van der Waals surface area contributed by atoms with Crippen molar-refractivity contribution in [2.45, 2.75) is 88.8 Å². The van der Waals surface area contributed by atoms with Gasteiger partial charge in [-0.05, 0) is 94.0 Å². The quantitative estimate of drug-likeness (QED) is 0.449. The van der Waals surface area contributed by atoms with E-state index in [4.69, 9.17) is 0 Å². The summed E-state index contributed by atoms with van der Waals surface area (Å²) in [5.74, 6) is 4.64. The van der Waals surface area contributed by atoms with E-state index in [2.05, 4.69) is 5.32 Å². The lowest BCUT2D eigenvalue weighted by Gasteiger charge is -2.59. The summed E-state index contributed by atoms with van der Waals surface area (Å²) in [5, 5.41) is 26.7. The van der Waals surface area contributed by atoms with Crippen LogP contribution in [0.4, 0.5) is 0 Å². The van der Waals surface area contributed by atoms with Crippen molar-refractivity contribution in [3.05, 3.63) is 20.2 Å². The Morgan fingerprint density at radius 2 is 1.37 bits per heavy atom. The smallest absolute Gasteiger partial charge is 0.235 e. The van der Waals surface area contributed by atoms with Crippen molar-refractivity contribution in [1.29, 1.82) is 0 Å². The molecule has 0 heterocycles. The first-order chi connectivity index (χ1) is 16.8. The van der Waals surface area contributed by atoms with Gasteiger partial charge in [0.2, 0.25) is 18.0 Å². The maximum atomic E-state index is 13.2. The SMILES string of the molecule is CN(C)C1C([N+](=O)[O-])CC(C(=O)NCC2CCC3CCC4CCCC5CCC2C3C45)CC1[N+](=O)[O-]. The minimum absolute atomic E-state index is 0.0657. The average molecular weight is 491 g/mol. The molecule has 5 fully saturated rings. The average Bonchev–Trinajstić information content (AvgIpc) is 2.85. The molecule has 0 radical (unpaired) electrons. The molecule has 5 saturated carbocycles. The van der Waals surface area contributed by atoms with E-state index in [9.17, 15) is 25.0 Å². The topological polar surface area (TPSA) is 119 Å². The Morgan fingerprint density at radius 1 is 0.829 bits per heavy atom. The molecule has 0 aliphatic heterocycles. The summed E-state index contributed by atoms with van der Waals surface area (Å²) < 4.78 is 0. The first-order valence-corrected chi connectivity index (χ1v) is 14.0. The summed E-state index contributed by atoms with van der Waals surface area (Å²) in [6, 6.07) is -3.02. The van der Waals surface area contributed by atoms with Crippen LogP contribution in [0.25, 0.3) is 0 Å². The molecular formula is C26H42N4O5. The molecule has 9 heteroatoms. The molecule has 0 aromatic carbocycles. The maximum Gasteiger partial charge on any atom is 0.235 e. The predicted octanol–water partition coefficient (Wildman–Crippen LogP) is 3.61. The molecule has 0 aromatic rings. The molecule has 1 amide bonds. The molecule has 5 aliphatic rings. The second-order valence-electron chi connectivity index (χ2n) is 12.6. The van der Waals surface area contributed by atoms with Gasteiger partial charge in [0.15, 0.2) is 0 Å². The third-order valence-corrected chi connectivity index (χ3v) is 10.9. The van der Waals surface area contributed by atoms with E-state index >= 15 is 0 Å². The fourth-order valence-corrected chi connectivity index (χ4v) is 9.58. The molecular weight excluding hydrogens is 448 g/mol. The van der Waals surface area contributed by atoms with Crippen molar-refractivity contribution in [3.63, 3.8) is 0 Å². The number of nitrogens with zero attached hydrogens (tertiary/aromatic N) is 3. The van der Waals surface area contributed by atoms with Crippen LogP contribution in [0.15, 0.2) is 0 Å². The third-order valence-electron chi connectivity index (χ3n) is 10.9. The Labute approximate surface area is 208 Å². The maximum absolute atomic E-state index is 13.2. The molecule has 0 spiro atoms. The minimum atomic E-state index is -1.11. The number of carbonyl (C=O) groups is 1. The van der Waals surface area contributed by atoms with Crippen LogP contribution in [0.3, 0.4) is 0 Å². The van der Waals surface area contributed by atoms with Crippen LogP contribution in [-0.2, 0) is 4.79 Å². The van der Waals surface area contributed by atoms with Gasteiger partial charge in [0.05, 0.1) is 5.92 Å². The number of hydrogen-bond donors (Lipinski definition) is 1. The molecule has 0 bridgehead atoms. The van der Waals surface area contributed by atoms with E-state index in [0.29, 0.717) is 18.4 Å². The van der Waals surface area contributed by atoms with Gasteiger partial charge in [-0.25, -0.2) is 0 Å². The standard InChI is InChI=1S/C26H42N4O5/c1-28(2)25-21(29(32)33)12-19(13-22(25)30(34)35)26(31)27-14-18-9-8-17-7-6-15-4-3-5-16-10-11-20(18)24(17)23(15)16/h15-25H,3-14H2,1-2H3,(H,27,31). The predicted molar refractivity (Wildman–Crippen MR) is 131 cm³/mol. The van der Waals surface area contributed by atoms with Gasteiger partial charge in [-0.3, -0.25) is 29.9 Å². The molecule has 9 nitrogen and oxygen atoms in total. The lowest BCUT2D eigenvalue weighted by molar-refractivity contribution is -0.580. The summed E-state index contributed by atoms with van der Waals surface area (Å²) in [6.45, 7) is 0.620. The molecule has 196 valence electrons. The Hall–Kier alpha value is -1.77. The summed E-state index contributed by atoms with van der Waals surface area (Å²) in [4.78, 5) is 37.5. The van der Waals surface area contributed by atoms with Crippen LogP contribution < -0.4 is 5.32 Å². The van der Waals surface area contributed by atoms with Crippen LogP contribution in [0, 0.1) is 67.6 Å². The van der Waals surface area contributed by atoms with Crippen molar-refractivity contribution >= 4 is 5.91 Å². The van der Waals surface area contributed by atoms with Crippen LogP contribution >= 0.6 is 0 Å². The Morgan fingerprint density at radius 3 is 1.94 bits per heavy atom. The van der Waals surface area contributed by atoms with Crippen LogP contribution in [0.2, 0.25) is 0 Å². The summed E-state index contributed by atoms with van der Waals surface area (Å²) in [7, 11) is 3.29. The van der Waals surface area contributed by atoms with Gasteiger partial charge in [0, 0.05) is 29.2 Å². The van der Waals surface area contributed by atoms with E-state index in [1.807, 2.05) is 0 Å². The van der Waals surface area contributed by atoms with Gasteiger partial charge in [-0.15, -0.1) is 0 Å². The molecule has 5 rings (SSSR count). The molecule has 35 heavy (non-hydrogen) atoms. The van der Waals surface area contributed by atoms with Gasteiger partial charge in [-0.2, -0.15) is 0 Å². The highest BCUT2D eigenvalue weighted by atomic mass is 16.6. The minimum Gasteiger partial charge on any atom is -0.356 e. The van der Waals surface area contributed by atoms with Crippen molar-refractivity contribution in [2.75, 3.05) is 20.6 Å². The van der Waals surface area contributed by atoms with Crippen molar-refractivity contribution in [1.82, 2.24) is 10.2 Å². The molecule has 5 aliphatic carbocycles. The van der Waals surface area contributed by atoms with E-state index < -0.39 is 33.9 Å². The highest BCUT2D eigenvalue weighted by molar-refractivity contribution is 5.78. The van der Waals surface area contributed by atoms with Gasteiger partial charge in [0.25, 0.3) is 0 Å². The van der Waals surface area contributed by atoms with Crippen molar-refractivity contribution < 1.29 is 14.6 Å². The van der Waals surface area contributed by atoms with Gasteiger partial charge in [0.1, 0.15) is 6.04 Å². The van der Waals surface area contributed by atoms with Crippen LogP contribution in [-0.4, -0.2) is 59.4 Å². The Balaban J connectivity index is 1.24. The number of rotatable bonds is 6. The van der Waals surface area contributed by atoms with Gasteiger partial charge < -0.3 is 5.32 Å². The monoisotopic (exact) mass is 490 g/mol. The largest absolute Gasteiger partial charge is 0.356 e.